The van der Waals surface area contributed by atoms with Crippen molar-refractivity contribution in [3.05, 3.63) is 39.8 Å². The van der Waals surface area contributed by atoms with Gasteiger partial charge in [0.2, 0.25) is 0 Å². The molecule has 0 spiro atoms. The van der Waals surface area contributed by atoms with Crippen molar-refractivity contribution in [2.45, 2.75) is 0 Å². The van der Waals surface area contributed by atoms with E-state index in [-0.39, 0.29) is 0 Å². The maximum atomic E-state index is 5.95. The zero-order valence-corrected chi connectivity index (χ0v) is 13.3. The van der Waals surface area contributed by atoms with Crippen LogP contribution < -0.4 is 19.9 Å². The SMILES string of the molecule is COc1cc(N)c(Oc2ccc(Cl)cc2Br)cc1OC. The Kier molecular flexibility index (Phi) is 4.62. The number of hydrogen-bond acceptors (Lipinski definition) is 4. The van der Waals surface area contributed by atoms with Gasteiger partial charge < -0.3 is 19.9 Å². The highest BCUT2D eigenvalue weighted by atomic mass is 79.9. The molecule has 4 nitrogen and oxygen atoms in total. The van der Waals surface area contributed by atoms with Crippen molar-refractivity contribution < 1.29 is 14.2 Å². The van der Waals surface area contributed by atoms with Crippen LogP contribution in [0.1, 0.15) is 0 Å². The monoisotopic (exact) mass is 357 g/mol. The summed E-state index contributed by atoms with van der Waals surface area (Å²) in [4.78, 5) is 0. The van der Waals surface area contributed by atoms with Crippen LogP contribution in [0.5, 0.6) is 23.0 Å². The highest BCUT2D eigenvalue weighted by Crippen LogP contribution is 2.40. The summed E-state index contributed by atoms with van der Waals surface area (Å²) in [5, 5.41) is 0.615. The third-order valence-electron chi connectivity index (χ3n) is 2.63. The highest BCUT2D eigenvalue weighted by Gasteiger charge is 2.12. The van der Waals surface area contributed by atoms with Gasteiger partial charge in [-0.3, -0.25) is 0 Å². The normalized spacial score (nSPS) is 10.2. The molecular weight excluding hydrogens is 346 g/mol. The molecule has 0 atom stereocenters. The van der Waals surface area contributed by atoms with Crippen LogP contribution >= 0.6 is 27.5 Å². The van der Waals surface area contributed by atoms with Crippen molar-refractivity contribution in [3.8, 4) is 23.0 Å². The minimum Gasteiger partial charge on any atom is -0.493 e. The summed E-state index contributed by atoms with van der Waals surface area (Å²) >= 11 is 9.28. The molecule has 0 aliphatic rings. The Morgan fingerprint density at radius 1 is 0.950 bits per heavy atom. The average molecular weight is 359 g/mol. The number of anilines is 1. The van der Waals surface area contributed by atoms with Crippen molar-refractivity contribution in [1.82, 2.24) is 0 Å². The molecule has 0 amide bonds. The van der Waals surface area contributed by atoms with Crippen molar-refractivity contribution in [1.29, 1.82) is 0 Å². The second-order valence-corrected chi connectivity index (χ2v) is 5.21. The molecule has 0 unspecified atom stereocenters. The van der Waals surface area contributed by atoms with E-state index >= 15 is 0 Å². The van der Waals surface area contributed by atoms with Crippen LogP contribution in [0, 0.1) is 0 Å². The summed E-state index contributed by atoms with van der Waals surface area (Å²) in [6.45, 7) is 0. The number of rotatable bonds is 4. The zero-order valence-electron chi connectivity index (χ0n) is 10.9. The maximum Gasteiger partial charge on any atom is 0.164 e. The molecule has 2 aromatic rings. The van der Waals surface area contributed by atoms with E-state index < -0.39 is 0 Å². The molecule has 106 valence electrons. The Bertz CT molecular complexity index is 634. The predicted octanol–water partition coefficient (Wildman–Crippen LogP) is 4.49. The molecule has 0 heterocycles. The van der Waals surface area contributed by atoms with Gasteiger partial charge >= 0.3 is 0 Å². The average Bonchev–Trinajstić information content (AvgIpc) is 2.43. The van der Waals surface area contributed by atoms with Crippen LogP contribution in [0.15, 0.2) is 34.8 Å². The molecule has 0 aliphatic carbocycles. The van der Waals surface area contributed by atoms with Crippen molar-refractivity contribution >= 4 is 33.2 Å². The van der Waals surface area contributed by atoms with Crippen molar-refractivity contribution in [3.63, 3.8) is 0 Å². The van der Waals surface area contributed by atoms with Crippen LogP contribution in [0.25, 0.3) is 0 Å². The zero-order chi connectivity index (χ0) is 14.7. The molecule has 0 saturated heterocycles. The molecule has 6 heteroatoms. The molecule has 0 saturated carbocycles. The standard InChI is InChI=1S/C14H13BrClNO3/c1-18-13-6-10(17)12(7-14(13)19-2)20-11-4-3-8(16)5-9(11)15/h3-7H,17H2,1-2H3. The van der Waals surface area contributed by atoms with Crippen molar-refractivity contribution in [2.24, 2.45) is 0 Å². The smallest absolute Gasteiger partial charge is 0.164 e. The first-order chi connectivity index (χ1) is 9.55. The molecular formula is C14H13BrClNO3. The maximum absolute atomic E-state index is 5.95. The fraction of sp³-hybridized carbons (Fsp3) is 0.143. The van der Waals surface area contributed by atoms with E-state index in [1.54, 1.807) is 44.6 Å². The lowest BCUT2D eigenvalue weighted by Crippen LogP contribution is -1.97. The third kappa shape index (κ3) is 3.11. The number of hydrogen-bond donors (Lipinski definition) is 1. The van der Waals surface area contributed by atoms with E-state index in [0.717, 1.165) is 4.47 Å². The van der Waals surface area contributed by atoms with Gasteiger partial charge in [-0.05, 0) is 34.1 Å². The first kappa shape index (κ1) is 14.8. The minimum absolute atomic E-state index is 0.449. The highest BCUT2D eigenvalue weighted by molar-refractivity contribution is 9.10. The molecule has 0 fully saturated rings. The summed E-state index contributed by atoms with van der Waals surface area (Å²) < 4.78 is 16.9. The topological polar surface area (TPSA) is 53.7 Å². The van der Waals surface area contributed by atoms with Gasteiger partial charge in [-0.25, -0.2) is 0 Å². The number of ether oxygens (including phenoxy) is 3. The minimum atomic E-state index is 0.449. The Balaban J connectivity index is 2.38. The molecule has 2 N–H and O–H groups in total. The van der Waals surface area contributed by atoms with Gasteiger partial charge in [-0.1, -0.05) is 11.6 Å². The van der Waals surface area contributed by atoms with Gasteiger partial charge in [-0.15, -0.1) is 0 Å². The number of nitrogens with two attached hydrogens (primary N) is 1. The van der Waals surface area contributed by atoms with Crippen LogP contribution in [-0.2, 0) is 0 Å². The van der Waals surface area contributed by atoms with E-state index in [9.17, 15) is 0 Å². The Morgan fingerprint density at radius 2 is 1.60 bits per heavy atom. The van der Waals surface area contributed by atoms with Gasteiger partial charge in [-0.2, -0.15) is 0 Å². The summed E-state index contributed by atoms with van der Waals surface area (Å²) in [6, 6.07) is 8.56. The summed E-state index contributed by atoms with van der Waals surface area (Å²) in [5.41, 5.74) is 6.40. The lowest BCUT2D eigenvalue weighted by Gasteiger charge is -2.14. The van der Waals surface area contributed by atoms with Gasteiger partial charge in [0, 0.05) is 17.2 Å². The second kappa shape index (κ2) is 6.24. The largest absolute Gasteiger partial charge is 0.493 e. The van der Waals surface area contributed by atoms with Crippen LogP contribution in [0.4, 0.5) is 5.69 Å². The molecule has 2 rings (SSSR count). The fourth-order valence-corrected chi connectivity index (χ4v) is 2.40. The summed E-state index contributed by atoms with van der Waals surface area (Å²) in [6.07, 6.45) is 0. The van der Waals surface area contributed by atoms with Gasteiger partial charge in [0.15, 0.2) is 17.2 Å². The Hall–Kier alpha value is -1.59. The van der Waals surface area contributed by atoms with Gasteiger partial charge in [0.1, 0.15) is 5.75 Å². The lowest BCUT2D eigenvalue weighted by atomic mass is 10.2. The lowest BCUT2D eigenvalue weighted by molar-refractivity contribution is 0.352. The quantitative estimate of drug-likeness (QED) is 0.818. The van der Waals surface area contributed by atoms with Crippen LogP contribution in [0.3, 0.4) is 0 Å². The third-order valence-corrected chi connectivity index (χ3v) is 3.48. The van der Waals surface area contributed by atoms with E-state index in [2.05, 4.69) is 15.9 Å². The molecule has 0 aliphatic heterocycles. The predicted molar refractivity (Wildman–Crippen MR) is 83.2 cm³/mol. The van der Waals surface area contributed by atoms with E-state index in [0.29, 0.717) is 33.7 Å². The molecule has 0 aromatic heterocycles. The molecule has 0 bridgehead atoms. The number of halogens is 2. The molecule has 2 aromatic carbocycles. The van der Waals surface area contributed by atoms with E-state index in [1.807, 2.05) is 0 Å². The van der Waals surface area contributed by atoms with Gasteiger partial charge in [0.25, 0.3) is 0 Å². The first-order valence-electron chi connectivity index (χ1n) is 5.69. The van der Waals surface area contributed by atoms with E-state index in [1.165, 1.54) is 0 Å². The van der Waals surface area contributed by atoms with Crippen LogP contribution in [0.2, 0.25) is 5.02 Å². The van der Waals surface area contributed by atoms with Crippen LogP contribution in [-0.4, -0.2) is 14.2 Å². The molecule has 0 radical (unpaired) electrons. The summed E-state index contributed by atoms with van der Waals surface area (Å²) in [5.74, 6) is 2.17. The Morgan fingerprint density at radius 3 is 2.20 bits per heavy atom. The second-order valence-electron chi connectivity index (χ2n) is 3.92. The summed E-state index contributed by atoms with van der Waals surface area (Å²) in [7, 11) is 3.10. The number of methoxy groups -OCH3 is 2. The fourth-order valence-electron chi connectivity index (χ4n) is 1.64. The van der Waals surface area contributed by atoms with Crippen molar-refractivity contribution in [2.75, 3.05) is 20.0 Å². The molecule has 20 heavy (non-hydrogen) atoms. The number of nitrogen functional groups attached to an aromatic ring is 1. The Labute approximate surface area is 130 Å². The van der Waals surface area contributed by atoms with Gasteiger partial charge in [0.05, 0.1) is 24.4 Å². The van der Waals surface area contributed by atoms with E-state index in [4.69, 9.17) is 31.5 Å². The first-order valence-corrected chi connectivity index (χ1v) is 6.86. The number of benzene rings is 2.